The molecule has 2 aliphatic rings. The van der Waals surface area contributed by atoms with Crippen LogP contribution < -0.4 is 4.90 Å². The number of anilines is 1. The van der Waals surface area contributed by atoms with Crippen molar-refractivity contribution in [3.8, 4) is 0 Å². The van der Waals surface area contributed by atoms with Crippen LogP contribution in [0.4, 0.5) is 10.1 Å². The Balaban J connectivity index is 1.85. The van der Waals surface area contributed by atoms with Crippen LogP contribution in [0.15, 0.2) is 54.2 Å². The summed E-state index contributed by atoms with van der Waals surface area (Å²) in [7, 11) is 0. The van der Waals surface area contributed by atoms with Crippen molar-refractivity contribution >= 4 is 23.1 Å². The van der Waals surface area contributed by atoms with Gasteiger partial charge in [-0.25, -0.2) is 4.39 Å². The molecule has 2 heterocycles. The van der Waals surface area contributed by atoms with Crippen LogP contribution in [0.2, 0.25) is 0 Å². The van der Waals surface area contributed by atoms with E-state index in [-0.39, 0.29) is 17.6 Å². The van der Waals surface area contributed by atoms with Gasteiger partial charge in [0.05, 0.1) is 5.57 Å². The number of aryl methyl sites for hydroxylation is 1. The highest BCUT2D eigenvalue weighted by Crippen LogP contribution is 2.37. The van der Waals surface area contributed by atoms with Crippen molar-refractivity contribution in [2.45, 2.75) is 32.6 Å². The van der Waals surface area contributed by atoms with E-state index in [1.165, 1.54) is 22.6 Å². The number of para-hydroxylation sites is 1. The maximum Gasteiger partial charge on any atom is 0.278 e. The van der Waals surface area contributed by atoms with E-state index in [0.717, 1.165) is 31.4 Å². The number of benzene rings is 2. The Morgan fingerprint density at radius 2 is 1.75 bits per heavy atom. The van der Waals surface area contributed by atoms with Gasteiger partial charge >= 0.3 is 0 Å². The molecule has 0 bridgehead atoms. The molecule has 0 fully saturated rings. The van der Waals surface area contributed by atoms with Gasteiger partial charge in [0.2, 0.25) is 0 Å². The van der Waals surface area contributed by atoms with Crippen molar-refractivity contribution in [3.05, 3.63) is 71.2 Å². The summed E-state index contributed by atoms with van der Waals surface area (Å²) in [5.41, 5.74) is 3.52. The second-order valence-electron chi connectivity index (χ2n) is 7.23. The Kier molecular flexibility index (Phi) is 4.99. The number of hydrogen-bond acceptors (Lipinski definition) is 3. The van der Waals surface area contributed by atoms with Crippen LogP contribution in [-0.2, 0) is 16.0 Å². The van der Waals surface area contributed by atoms with Crippen molar-refractivity contribution in [3.63, 3.8) is 0 Å². The van der Waals surface area contributed by atoms with Crippen LogP contribution >= 0.6 is 0 Å². The predicted octanol–water partition coefficient (Wildman–Crippen LogP) is 4.16. The van der Waals surface area contributed by atoms with E-state index in [1.807, 2.05) is 30.0 Å². The number of halogens is 1. The first-order valence-electron chi connectivity index (χ1n) is 9.83. The third-order valence-electron chi connectivity index (χ3n) is 5.39. The highest BCUT2D eigenvalue weighted by Gasteiger charge is 2.42. The van der Waals surface area contributed by atoms with Gasteiger partial charge in [-0.15, -0.1) is 0 Å². The van der Waals surface area contributed by atoms with Crippen LogP contribution in [-0.4, -0.2) is 29.8 Å². The Morgan fingerprint density at radius 3 is 2.50 bits per heavy atom. The summed E-state index contributed by atoms with van der Waals surface area (Å²) in [4.78, 5) is 29.8. The summed E-state index contributed by atoms with van der Waals surface area (Å²) in [6, 6.07) is 13.8. The number of imide groups is 1. The van der Waals surface area contributed by atoms with Gasteiger partial charge in [-0.05, 0) is 48.6 Å². The quantitative estimate of drug-likeness (QED) is 0.734. The Bertz CT molecular complexity index is 949. The summed E-state index contributed by atoms with van der Waals surface area (Å²) >= 11 is 0. The Labute approximate surface area is 164 Å². The van der Waals surface area contributed by atoms with Gasteiger partial charge in [-0.3, -0.25) is 14.5 Å². The third-order valence-corrected chi connectivity index (χ3v) is 5.39. The number of fused-ring (bicyclic) bond motifs is 1. The number of carbonyl (C=O) groups excluding carboxylic acids is 2. The minimum absolute atomic E-state index is 0.255. The average molecular weight is 378 g/mol. The van der Waals surface area contributed by atoms with E-state index < -0.39 is 0 Å². The Hall–Kier alpha value is -2.95. The van der Waals surface area contributed by atoms with Crippen LogP contribution in [0.25, 0.3) is 5.57 Å². The maximum atomic E-state index is 13.5. The molecule has 2 amide bonds. The lowest BCUT2D eigenvalue weighted by molar-refractivity contribution is -0.136. The average Bonchev–Trinajstić information content (AvgIpc) is 2.96. The van der Waals surface area contributed by atoms with Crippen molar-refractivity contribution in [2.24, 2.45) is 0 Å². The summed E-state index contributed by atoms with van der Waals surface area (Å²) in [6.07, 6.45) is 3.52. The SMILES string of the molecule is CCCCN1C(=O)C(c2ccc(F)cc2)=C(N2CCCc3ccccc32)C1=O. The molecule has 0 aliphatic carbocycles. The molecule has 2 aliphatic heterocycles. The number of nitrogens with zero attached hydrogens (tertiary/aromatic N) is 2. The van der Waals surface area contributed by atoms with E-state index in [4.69, 9.17) is 0 Å². The van der Waals surface area contributed by atoms with Crippen LogP contribution in [0.1, 0.15) is 37.3 Å². The van der Waals surface area contributed by atoms with Crippen molar-refractivity contribution in [1.82, 2.24) is 4.90 Å². The zero-order chi connectivity index (χ0) is 19.7. The van der Waals surface area contributed by atoms with E-state index in [0.29, 0.717) is 29.9 Å². The lowest BCUT2D eigenvalue weighted by Crippen LogP contribution is -2.37. The van der Waals surface area contributed by atoms with E-state index in [1.54, 1.807) is 12.1 Å². The molecule has 0 saturated carbocycles. The van der Waals surface area contributed by atoms with Gasteiger partial charge in [0.25, 0.3) is 11.8 Å². The van der Waals surface area contributed by atoms with E-state index in [9.17, 15) is 14.0 Å². The second kappa shape index (κ2) is 7.58. The lowest BCUT2D eigenvalue weighted by Gasteiger charge is -2.32. The standard InChI is InChI=1S/C23H23FN2O2/c1-2-3-14-26-22(27)20(17-10-12-18(24)13-11-17)21(23(26)28)25-15-6-8-16-7-4-5-9-19(16)25/h4-5,7,9-13H,2-3,6,8,14-15H2,1H3. The molecule has 2 aromatic rings. The summed E-state index contributed by atoms with van der Waals surface area (Å²) < 4.78 is 13.5. The molecule has 5 heteroatoms. The number of hydrogen-bond donors (Lipinski definition) is 0. The predicted molar refractivity (Wildman–Crippen MR) is 107 cm³/mol. The fraction of sp³-hybridized carbons (Fsp3) is 0.304. The molecule has 144 valence electrons. The van der Waals surface area contributed by atoms with Gasteiger partial charge in [0.1, 0.15) is 11.5 Å². The molecule has 0 saturated heterocycles. The first-order chi connectivity index (χ1) is 13.6. The monoisotopic (exact) mass is 378 g/mol. The molecule has 0 aromatic heterocycles. The van der Waals surface area contributed by atoms with Gasteiger partial charge in [0, 0.05) is 18.8 Å². The molecule has 0 N–H and O–H groups in total. The lowest BCUT2D eigenvalue weighted by atomic mass is 9.98. The molecule has 4 nitrogen and oxygen atoms in total. The maximum absolute atomic E-state index is 13.5. The van der Waals surface area contributed by atoms with Gasteiger partial charge in [-0.2, -0.15) is 0 Å². The first kappa shape index (κ1) is 18.4. The minimum Gasteiger partial charge on any atom is -0.336 e. The molecule has 28 heavy (non-hydrogen) atoms. The molecule has 0 unspecified atom stereocenters. The third kappa shape index (κ3) is 3.11. The highest BCUT2D eigenvalue weighted by molar-refractivity contribution is 6.36. The van der Waals surface area contributed by atoms with Gasteiger partial charge in [0.15, 0.2) is 0 Å². The number of carbonyl (C=O) groups is 2. The normalized spacial score (nSPS) is 16.8. The smallest absolute Gasteiger partial charge is 0.278 e. The van der Waals surface area contributed by atoms with Crippen molar-refractivity contribution < 1.29 is 14.0 Å². The van der Waals surface area contributed by atoms with E-state index in [2.05, 4.69) is 6.07 Å². The largest absolute Gasteiger partial charge is 0.336 e. The first-order valence-corrected chi connectivity index (χ1v) is 9.83. The number of unbranched alkanes of at least 4 members (excludes halogenated alkanes) is 1. The van der Waals surface area contributed by atoms with Crippen molar-refractivity contribution in [1.29, 1.82) is 0 Å². The number of rotatable bonds is 5. The summed E-state index contributed by atoms with van der Waals surface area (Å²) in [6.45, 7) is 3.11. The van der Waals surface area contributed by atoms with Crippen molar-refractivity contribution in [2.75, 3.05) is 18.0 Å². The number of amides is 2. The van der Waals surface area contributed by atoms with E-state index >= 15 is 0 Å². The minimum atomic E-state index is -0.367. The molecule has 2 aromatic carbocycles. The molecule has 0 radical (unpaired) electrons. The topological polar surface area (TPSA) is 40.6 Å². The molecule has 0 atom stereocenters. The van der Waals surface area contributed by atoms with Crippen LogP contribution in [0.5, 0.6) is 0 Å². The summed E-state index contributed by atoms with van der Waals surface area (Å²) in [5.74, 6) is -0.911. The fourth-order valence-corrected chi connectivity index (χ4v) is 3.98. The molecular weight excluding hydrogens is 355 g/mol. The molecule has 0 spiro atoms. The Morgan fingerprint density at radius 1 is 1.00 bits per heavy atom. The molecular formula is C23H23FN2O2. The zero-order valence-electron chi connectivity index (χ0n) is 16.0. The summed E-state index contributed by atoms with van der Waals surface area (Å²) in [5, 5.41) is 0. The van der Waals surface area contributed by atoms with Crippen LogP contribution in [0, 0.1) is 5.82 Å². The second-order valence-corrected chi connectivity index (χ2v) is 7.23. The van der Waals surface area contributed by atoms with Gasteiger partial charge in [-0.1, -0.05) is 43.7 Å². The zero-order valence-corrected chi connectivity index (χ0v) is 16.0. The fourth-order valence-electron chi connectivity index (χ4n) is 3.98. The van der Waals surface area contributed by atoms with Gasteiger partial charge < -0.3 is 4.90 Å². The molecule has 4 rings (SSSR count). The highest BCUT2D eigenvalue weighted by atomic mass is 19.1. The van der Waals surface area contributed by atoms with Crippen LogP contribution in [0.3, 0.4) is 0 Å².